The lowest BCUT2D eigenvalue weighted by Gasteiger charge is -2.28. The van der Waals surface area contributed by atoms with E-state index in [0.717, 1.165) is 35.0 Å². The van der Waals surface area contributed by atoms with Gasteiger partial charge in [-0.25, -0.2) is 19.3 Å². The van der Waals surface area contributed by atoms with E-state index in [4.69, 9.17) is 9.15 Å². The summed E-state index contributed by atoms with van der Waals surface area (Å²) in [6.07, 6.45) is -0.385. The van der Waals surface area contributed by atoms with Crippen molar-refractivity contribution in [2.75, 3.05) is 11.3 Å². The summed E-state index contributed by atoms with van der Waals surface area (Å²) in [5.41, 5.74) is 1.56. The van der Waals surface area contributed by atoms with Gasteiger partial charge in [0, 0.05) is 28.9 Å². The molecule has 4 aromatic rings. The lowest BCUT2D eigenvalue weighted by atomic mass is 9.83. The number of aromatic nitrogens is 3. The normalized spacial score (nSPS) is 15.4. The Morgan fingerprint density at radius 1 is 1.06 bits per heavy atom. The Kier molecular flexibility index (Phi) is 6.10. The first-order chi connectivity index (χ1) is 16.8. The third-order valence-corrected chi connectivity index (χ3v) is 6.33. The molecule has 1 N–H and O–H groups in total. The highest BCUT2D eigenvalue weighted by molar-refractivity contribution is 8.00. The van der Waals surface area contributed by atoms with E-state index in [-0.39, 0.29) is 11.9 Å². The molecule has 35 heavy (non-hydrogen) atoms. The highest BCUT2D eigenvalue weighted by Crippen LogP contribution is 2.44. The second-order valence-corrected chi connectivity index (χ2v) is 8.75. The first-order valence-corrected chi connectivity index (χ1v) is 11.4. The van der Waals surface area contributed by atoms with Crippen LogP contribution in [-0.2, 0) is 6.18 Å². The number of nitrogens with one attached hydrogen (secondary N) is 1. The maximum Gasteiger partial charge on any atom is 0.416 e. The Morgan fingerprint density at radius 3 is 2.54 bits per heavy atom. The third-order valence-electron chi connectivity index (χ3n) is 5.56. The molecule has 0 spiro atoms. The number of ether oxygens (including phenoxy) is 1. The van der Waals surface area contributed by atoms with Gasteiger partial charge in [-0.1, -0.05) is 12.1 Å². The molecule has 2 aromatic heterocycles. The minimum Gasteiger partial charge on any atom is -0.493 e. The average molecular weight is 502 g/mol. The maximum absolute atomic E-state index is 13.5. The van der Waals surface area contributed by atoms with Crippen molar-refractivity contribution in [2.45, 2.75) is 30.3 Å². The third kappa shape index (κ3) is 4.95. The number of hydrogen-bond donors (Lipinski definition) is 1. The predicted molar refractivity (Wildman–Crippen MR) is 122 cm³/mol. The molecule has 3 heterocycles. The fourth-order valence-corrected chi connectivity index (χ4v) is 4.59. The molecule has 1 aliphatic rings. The van der Waals surface area contributed by atoms with Crippen LogP contribution in [0.2, 0.25) is 0 Å². The summed E-state index contributed by atoms with van der Waals surface area (Å²) in [6, 6.07) is 9.33. The van der Waals surface area contributed by atoms with Gasteiger partial charge in [0.2, 0.25) is 5.95 Å². The second-order valence-electron chi connectivity index (χ2n) is 7.87. The zero-order valence-electron chi connectivity index (χ0n) is 18.3. The van der Waals surface area contributed by atoms with Crippen LogP contribution in [0.5, 0.6) is 5.75 Å². The van der Waals surface area contributed by atoms with Crippen molar-refractivity contribution < 1.29 is 26.7 Å². The van der Waals surface area contributed by atoms with E-state index < -0.39 is 17.6 Å². The van der Waals surface area contributed by atoms with E-state index in [9.17, 15) is 17.6 Å². The standard InChI is InChI=1S/C24H18F4N4O2S/c1-13-31-21(12-34-13)20-8-14(24(26,27)28)2-4-17(20)18-6-7-33-22-9-16(3-5-19(18)22)35-32-23-29-10-15(25)11-30-23/h2-5,8-12,18H,6-7H2,1H3,(H,29,30,32). The van der Waals surface area contributed by atoms with Crippen LogP contribution in [-0.4, -0.2) is 21.6 Å². The van der Waals surface area contributed by atoms with Crippen LogP contribution < -0.4 is 9.46 Å². The number of halogens is 4. The van der Waals surface area contributed by atoms with Crippen molar-refractivity contribution in [3.8, 4) is 17.0 Å². The zero-order chi connectivity index (χ0) is 24.6. The molecule has 0 amide bonds. The summed E-state index contributed by atoms with van der Waals surface area (Å²) in [4.78, 5) is 12.8. The van der Waals surface area contributed by atoms with Crippen LogP contribution in [0.15, 0.2) is 64.4 Å². The summed E-state index contributed by atoms with van der Waals surface area (Å²) in [6.45, 7) is 2.04. The number of benzene rings is 2. The van der Waals surface area contributed by atoms with Crippen molar-refractivity contribution in [1.82, 2.24) is 15.0 Å². The number of rotatable bonds is 5. The highest BCUT2D eigenvalue weighted by Gasteiger charge is 2.33. The van der Waals surface area contributed by atoms with E-state index in [2.05, 4.69) is 19.7 Å². The summed E-state index contributed by atoms with van der Waals surface area (Å²) in [5.74, 6) is 0.535. The minimum atomic E-state index is -4.48. The van der Waals surface area contributed by atoms with Crippen LogP contribution in [0.3, 0.4) is 0 Å². The van der Waals surface area contributed by atoms with E-state index in [1.807, 2.05) is 18.2 Å². The number of oxazole rings is 1. The molecule has 180 valence electrons. The monoisotopic (exact) mass is 502 g/mol. The Hall–Kier alpha value is -3.60. The Morgan fingerprint density at radius 2 is 1.83 bits per heavy atom. The van der Waals surface area contributed by atoms with Crippen molar-refractivity contribution >= 4 is 17.9 Å². The van der Waals surface area contributed by atoms with Gasteiger partial charge in [-0.3, -0.25) is 4.72 Å². The molecule has 11 heteroatoms. The van der Waals surface area contributed by atoms with Crippen LogP contribution in [0.4, 0.5) is 23.5 Å². The molecule has 0 bridgehead atoms. The molecule has 0 saturated carbocycles. The Balaban J connectivity index is 1.47. The van der Waals surface area contributed by atoms with E-state index in [1.54, 1.807) is 6.92 Å². The van der Waals surface area contributed by atoms with Crippen LogP contribution in [0.25, 0.3) is 11.3 Å². The Bertz CT molecular complexity index is 1360. The van der Waals surface area contributed by atoms with Gasteiger partial charge in [0.15, 0.2) is 11.7 Å². The number of fused-ring (bicyclic) bond motifs is 1. The SMILES string of the molecule is Cc1nc(-c2cc(C(F)(F)F)ccc2C2CCOc3cc(SNc4ncc(F)cn4)ccc32)co1. The number of aryl methyl sites for hydroxylation is 1. The van der Waals surface area contributed by atoms with E-state index in [0.29, 0.717) is 41.5 Å². The molecule has 0 radical (unpaired) electrons. The zero-order valence-corrected chi connectivity index (χ0v) is 19.1. The highest BCUT2D eigenvalue weighted by atomic mass is 32.2. The number of nitrogens with zero attached hydrogens (tertiary/aromatic N) is 3. The van der Waals surface area contributed by atoms with Gasteiger partial charge < -0.3 is 9.15 Å². The fraction of sp³-hybridized carbons (Fsp3) is 0.208. The average Bonchev–Trinajstić information content (AvgIpc) is 3.28. The number of anilines is 1. The smallest absolute Gasteiger partial charge is 0.416 e. The fourth-order valence-electron chi connectivity index (χ4n) is 3.97. The maximum atomic E-state index is 13.5. The molecule has 6 nitrogen and oxygen atoms in total. The molecular formula is C24H18F4N4O2S. The minimum absolute atomic E-state index is 0.194. The van der Waals surface area contributed by atoms with Gasteiger partial charge in [0.25, 0.3) is 0 Å². The number of hydrogen-bond acceptors (Lipinski definition) is 7. The lowest BCUT2D eigenvalue weighted by molar-refractivity contribution is -0.137. The first kappa shape index (κ1) is 23.2. The summed E-state index contributed by atoms with van der Waals surface area (Å²) < 4.78 is 67.5. The molecule has 0 fully saturated rings. The Labute approximate surface area is 201 Å². The van der Waals surface area contributed by atoms with Crippen LogP contribution in [0.1, 0.15) is 34.9 Å². The van der Waals surface area contributed by atoms with Gasteiger partial charge in [-0.15, -0.1) is 0 Å². The van der Waals surface area contributed by atoms with Crippen LogP contribution in [0, 0.1) is 12.7 Å². The van der Waals surface area contributed by atoms with E-state index >= 15 is 0 Å². The molecule has 5 rings (SSSR count). The first-order valence-electron chi connectivity index (χ1n) is 10.6. The largest absolute Gasteiger partial charge is 0.493 e. The molecule has 0 aliphatic carbocycles. The van der Waals surface area contributed by atoms with Gasteiger partial charge >= 0.3 is 6.18 Å². The van der Waals surface area contributed by atoms with Crippen molar-refractivity contribution in [1.29, 1.82) is 0 Å². The topological polar surface area (TPSA) is 73.1 Å². The van der Waals surface area contributed by atoms with Gasteiger partial charge in [-0.05, 0) is 48.2 Å². The number of alkyl halides is 3. The van der Waals surface area contributed by atoms with E-state index in [1.165, 1.54) is 24.3 Å². The molecule has 1 atom stereocenters. The summed E-state index contributed by atoms with van der Waals surface area (Å²) >= 11 is 1.23. The van der Waals surface area contributed by atoms with Gasteiger partial charge in [0.05, 0.1) is 24.6 Å². The molecule has 1 unspecified atom stereocenters. The summed E-state index contributed by atoms with van der Waals surface area (Å²) in [5, 5.41) is 0. The van der Waals surface area contributed by atoms with Crippen molar-refractivity contribution in [3.05, 3.63) is 83.5 Å². The lowest BCUT2D eigenvalue weighted by Crippen LogP contribution is -2.16. The van der Waals surface area contributed by atoms with Gasteiger partial charge in [-0.2, -0.15) is 13.2 Å². The molecule has 1 aliphatic heterocycles. The predicted octanol–water partition coefficient (Wildman–Crippen LogP) is 6.63. The van der Waals surface area contributed by atoms with Crippen molar-refractivity contribution in [3.63, 3.8) is 0 Å². The van der Waals surface area contributed by atoms with Crippen molar-refractivity contribution in [2.24, 2.45) is 0 Å². The molecular weight excluding hydrogens is 484 g/mol. The quantitative estimate of drug-likeness (QED) is 0.243. The molecule has 0 saturated heterocycles. The summed E-state index contributed by atoms with van der Waals surface area (Å²) in [7, 11) is 0. The van der Waals surface area contributed by atoms with Crippen LogP contribution >= 0.6 is 11.9 Å². The second kappa shape index (κ2) is 9.21. The molecule has 2 aromatic carbocycles. The van der Waals surface area contributed by atoms with Gasteiger partial charge in [0.1, 0.15) is 17.7 Å².